The van der Waals surface area contributed by atoms with Crippen LogP contribution in [0.1, 0.15) is 54.9 Å². The second-order valence-electron chi connectivity index (χ2n) is 6.85. The van der Waals surface area contributed by atoms with Crippen LogP contribution in [-0.4, -0.2) is 34.0 Å². The van der Waals surface area contributed by atoms with E-state index in [2.05, 4.69) is 6.92 Å². The van der Waals surface area contributed by atoms with Gasteiger partial charge in [0.2, 0.25) is 0 Å². The van der Waals surface area contributed by atoms with Crippen LogP contribution in [0.15, 0.2) is 5.38 Å². The maximum atomic E-state index is 12.8. The lowest BCUT2D eigenvalue weighted by molar-refractivity contribution is -0.138. The number of amides is 1. The molecule has 0 saturated carbocycles. The fourth-order valence-electron chi connectivity index (χ4n) is 2.75. The molecule has 21 heavy (non-hydrogen) atoms. The number of nitrogens with zero attached hydrogens (tertiary/aromatic N) is 1. The van der Waals surface area contributed by atoms with Gasteiger partial charge in [0, 0.05) is 15.8 Å². The first-order valence-electron chi connectivity index (χ1n) is 7.33. The van der Waals surface area contributed by atoms with Gasteiger partial charge in [-0.25, -0.2) is 0 Å². The van der Waals surface area contributed by atoms with Gasteiger partial charge in [0.25, 0.3) is 5.91 Å². The molecule has 1 amide bonds. The highest BCUT2D eigenvalue weighted by Crippen LogP contribution is 2.34. The Balaban J connectivity index is 2.32. The zero-order valence-electron chi connectivity index (χ0n) is 13.1. The molecule has 1 aromatic heterocycles. The normalized spacial score (nSPS) is 18.2. The SMILES string of the molecule is CC1CCc2c(C(=O)N(CC(=O)O)C(C)(C)C)csc2C1. The van der Waals surface area contributed by atoms with Gasteiger partial charge in [0.1, 0.15) is 6.54 Å². The Morgan fingerprint density at radius 3 is 2.67 bits per heavy atom. The minimum atomic E-state index is -0.976. The largest absolute Gasteiger partial charge is 0.480 e. The van der Waals surface area contributed by atoms with E-state index >= 15 is 0 Å². The Morgan fingerprint density at radius 2 is 2.10 bits per heavy atom. The van der Waals surface area contributed by atoms with Crippen LogP contribution in [0.5, 0.6) is 0 Å². The number of fused-ring (bicyclic) bond motifs is 1. The zero-order chi connectivity index (χ0) is 15.8. The van der Waals surface area contributed by atoms with Crippen molar-refractivity contribution in [3.63, 3.8) is 0 Å². The second kappa shape index (κ2) is 5.79. The average molecular weight is 309 g/mol. The number of aliphatic carboxylic acids is 1. The van der Waals surface area contributed by atoms with Crippen molar-refractivity contribution in [2.45, 2.75) is 52.5 Å². The van der Waals surface area contributed by atoms with E-state index in [1.165, 1.54) is 9.78 Å². The molecule has 0 saturated heterocycles. The lowest BCUT2D eigenvalue weighted by Crippen LogP contribution is -2.48. The topological polar surface area (TPSA) is 57.6 Å². The van der Waals surface area contributed by atoms with E-state index in [1.807, 2.05) is 26.2 Å². The van der Waals surface area contributed by atoms with Crippen LogP contribution in [-0.2, 0) is 17.6 Å². The van der Waals surface area contributed by atoms with Crippen molar-refractivity contribution in [3.05, 3.63) is 21.4 Å². The zero-order valence-corrected chi connectivity index (χ0v) is 13.9. The Morgan fingerprint density at radius 1 is 1.43 bits per heavy atom. The lowest BCUT2D eigenvalue weighted by Gasteiger charge is -2.34. The van der Waals surface area contributed by atoms with Crippen molar-refractivity contribution >= 4 is 23.2 Å². The van der Waals surface area contributed by atoms with Gasteiger partial charge in [-0.2, -0.15) is 0 Å². The third kappa shape index (κ3) is 3.46. The molecule has 1 N–H and O–H groups in total. The summed E-state index contributed by atoms with van der Waals surface area (Å²) in [5, 5.41) is 11.0. The summed E-state index contributed by atoms with van der Waals surface area (Å²) in [6, 6.07) is 0. The summed E-state index contributed by atoms with van der Waals surface area (Å²) in [4.78, 5) is 26.6. The number of hydrogen-bond donors (Lipinski definition) is 1. The number of rotatable bonds is 3. The second-order valence-corrected chi connectivity index (χ2v) is 7.82. The van der Waals surface area contributed by atoms with Gasteiger partial charge in [-0.1, -0.05) is 6.92 Å². The standard InChI is InChI=1S/C16H23NO3S/c1-10-5-6-11-12(9-21-13(11)7-10)15(20)17(8-14(18)19)16(2,3)4/h9-10H,5-8H2,1-4H3,(H,18,19). The van der Waals surface area contributed by atoms with Crippen LogP contribution in [0.2, 0.25) is 0 Å². The summed E-state index contributed by atoms with van der Waals surface area (Å²) in [6.45, 7) is 7.58. The Labute approximate surface area is 129 Å². The van der Waals surface area contributed by atoms with Crippen LogP contribution in [0.25, 0.3) is 0 Å². The van der Waals surface area contributed by atoms with Gasteiger partial charge in [0.15, 0.2) is 0 Å². The number of carbonyl (C=O) groups excluding carboxylic acids is 1. The van der Waals surface area contributed by atoms with Gasteiger partial charge in [-0.15, -0.1) is 11.3 Å². The van der Waals surface area contributed by atoms with E-state index in [0.29, 0.717) is 11.5 Å². The van der Waals surface area contributed by atoms with Gasteiger partial charge < -0.3 is 10.0 Å². The summed E-state index contributed by atoms with van der Waals surface area (Å²) in [6.07, 6.45) is 3.05. The number of carboxylic acid groups (broad SMARTS) is 1. The molecule has 1 aliphatic carbocycles. The molecule has 1 aliphatic rings. The van der Waals surface area contributed by atoms with Gasteiger partial charge in [0.05, 0.1) is 5.56 Å². The van der Waals surface area contributed by atoms with Crippen molar-refractivity contribution in [3.8, 4) is 0 Å². The Hall–Kier alpha value is -1.36. The van der Waals surface area contributed by atoms with E-state index in [9.17, 15) is 9.59 Å². The highest BCUT2D eigenvalue weighted by atomic mass is 32.1. The van der Waals surface area contributed by atoms with Crippen molar-refractivity contribution in [2.75, 3.05) is 6.54 Å². The summed E-state index contributed by atoms with van der Waals surface area (Å²) in [5.74, 6) is -0.468. The molecule has 1 unspecified atom stereocenters. The molecular weight excluding hydrogens is 286 g/mol. The van der Waals surface area contributed by atoms with Crippen LogP contribution in [0, 0.1) is 5.92 Å². The summed E-state index contributed by atoms with van der Waals surface area (Å²) < 4.78 is 0. The first kappa shape index (κ1) is 16.0. The quantitative estimate of drug-likeness (QED) is 0.933. The van der Waals surface area contributed by atoms with E-state index < -0.39 is 11.5 Å². The number of thiophene rings is 1. The van der Waals surface area contributed by atoms with Crippen molar-refractivity contribution in [1.82, 2.24) is 4.90 Å². The molecule has 0 radical (unpaired) electrons. The minimum absolute atomic E-state index is 0.156. The summed E-state index contributed by atoms with van der Waals surface area (Å²) in [7, 11) is 0. The molecule has 1 aromatic rings. The molecular formula is C16H23NO3S. The first-order chi connectivity index (χ1) is 9.70. The molecule has 2 rings (SSSR count). The monoisotopic (exact) mass is 309 g/mol. The van der Waals surface area contributed by atoms with E-state index in [1.54, 1.807) is 11.3 Å². The van der Waals surface area contributed by atoms with E-state index in [-0.39, 0.29) is 12.5 Å². The third-order valence-electron chi connectivity index (χ3n) is 3.98. The molecule has 5 heteroatoms. The molecule has 0 bridgehead atoms. The highest BCUT2D eigenvalue weighted by molar-refractivity contribution is 7.10. The van der Waals surface area contributed by atoms with Crippen molar-refractivity contribution in [2.24, 2.45) is 5.92 Å². The van der Waals surface area contributed by atoms with Crippen LogP contribution < -0.4 is 0 Å². The van der Waals surface area contributed by atoms with Gasteiger partial charge in [-0.3, -0.25) is 9.59 Å². The molecule has 0 aliphatic heterocycles. The first-order valence-corrected chi connectivity index (χ1v) is 8.21. The number of carbonyl (C=O) groups is 2. The van der Waals surface area contributed by atoms with E-state index in [4.69, 9.17) is 5.11 Å². The molecule has 0 fully saturated rings. The fourth-order valence-corrected chi connectivity index (χ4v) is 3.99. The predicted molar refractivity (Wildman–Crippen MR) is 83.9 cm³/mol. The van der Waals surface area contributed by atoms with Crippen molar-refractivity contribution in [1.29, 1.82) is 0 Å². The van der Waals surface area contributed by atoms with Crippen molar-refractivity contribution < 1.29 is 14.7 Å². The number of carboxylic acids is 1. The lowest BCUT2D eigenvalue weighted by atomic mass is 9.88. The molecule has 4 nitrogen and oxygen atoms in total. The van der Waals surface area contributed by atoms with E-state index in [0.717, 1.165) is 24.8 Å². The maximum Gasteiger partial charge on any atom is 0.323 e. The molecule has 0 aromatic carbocycles. The molecule has 1 atom stereocenters. The third-order valence-corrected chi connectivity index (χ3v) is 5.03. The summed E-state index contributed by atoms with van der Waals surface area (Å²) in [5.41, 5.74) is 1.34. The van der Waals surface area contributed by atoms with Crippen LogP contribution >= 0.6 is 11.3 Å². The average Bonchev–Trinajstić information content (AvgIpc) is 2.76. The predicted octanol–water partition coefficient (Wildman–Crippen LogP) is 3.20. The van der Waals surface area contributed by atoms with Crippen LogP contribution in [0.3, 0.4) is 0 Å². The highest BCUT2D eigenvalue weighted by Gasteiger charge is 2.32. The molecule has 1 heterocycles. The maximum absolute atomic E-state index is 12.8. The fraction of sp³-hybridized carbons (Fsp3) is 0.625. The Bertz CT molecular complexity index is 556. The minimum Gasteiger partial charge on any atom is -0.480 e. The number of hydrogen-bond acceptors (Lipinski definition) is 3. The Kier molecular flexibility index (Phi) is 4.42. The molecule has 0 spiro atoms. The smallest absolute Gasteiger partial charge is 0.323 e. The van der Waals surface area contributed by atoms with Gasteiger partial charge >= 0.3 is 5.97 Å². The van der Waals surface area contributed by atoms with Gasteiger partial charge in [-0.05, 0) is 51.5 Å². The summed E-state index contributed by atoms with van der Waals surface area (Å²) >= 11 is 1.64. The molecule has 116 valence electrons. The van der Waals surface area contributed by atoms with Crippen LogP contribution in [0.4, 0.5) is 0 Å².